The number of aryl methyl sites for hydroxylation is 1. The molecule has 2 aromatic carbocycles. The summed E-state index contributed by atoms with van der Waals surface area (Å²) in [6.07, 6.45) is 3.36. The van der Waals surface area contributed by atoms with Crippen molar-refractivity contribution in [3.05, 3.63) is 95.4 Å². The molecule has 1 aliphatic carbocycles. The van der Waals surface area contributed by atoms with Crippen LogP contribution in [-0.4, -0.2) is 11.7 Å². The maximum atomic E-state index is 14.0. The summed E-state index contributed by atoms with van der Waals surface area (Å²) in [7, 11) is 0. The van der Waals surface area contributed by atoms with Gasteiger partial charge in [-0.05, 0) is 54.8 Å². The van der Waals surface area contributed by atoms with Crippen molar-refractivity contribution in [1.29, 1.82) is 0 Å². The van der Waals surface area contributed by atoms with Crippen molar-refractivity contribution in [1.82, 2.24) is 0 Å². The first-order valence-corrected chi connectivity index (χ1v) is 8.22. The fourth-order valence-electron chi connectivity index (χ4n) is 3.34. The maximum Gasteiger partial charge on any atom is 0.144 e. The predicted octanol–water partition coefficient (Wildman–Crippen LogP) is 4.91. The number of benzene rings is 2. The molecule has 0 aliphatic heterocycles. The lowest BCUT2D eigenvalue weighted by Gasteiger charge is -2.37. The molecular formula is C22H21FO2. The largest absolute Gasteiger partial charge is 0.493 e. The average Bonchev–Trinajstić information content (AvgIpc) is 2.59. The summed E-state index contributed by atoms with van der Waals surface area (Å²) >= 11 is 0. The molecule has 1 aliphatic rings. The van der Waals surface area contributed by atoms with E-state index < -0.39 is 11.4 Å². The molecule has 1 atom stereocenters. The van der Waals surface area contributed by atoms with Crippen LogP contribution in [0.15, 0.2) is 67.3 Å². The van der Waals surface area contributed by atoms with Gasteiger partial charge in [0.2, 0.25) is 0 Å². The minimum atomic E-state index is -1.56. The van der Waals surface area contributed by atoms with Gasteiger partial charge in [-0.25, -0.2) is 4.39 Å². The molecule has 3 rings (SSSR count). The topological polar surface area (TPSA) is 29.5 Å². The van der Waals surface area contributed by atoms with Crippen LogP contribution in [0.3, 0.4) is 0 Å². The maximum absolute atomic E-state index is 14.0. The van der Waals surface area contributed by atoms with Crippen LogP contribution < -0.4 is 4.74 Å². The van der Waals surface area contributed by atoms with Gasteiger partial charge in [0.05, 0.1) is 6.61 Å². The molecule has 2 aromatic rings. The van der Waals surface area contributed by atoms with Gasteiger partial charge in [-0.1, -0.05) is 43.0 Å². The van der Waals surface area contributed by atoms with E-state index in [0.29, 0.717) is 29.1 Å². The molecule has 3 heteroatoms. The van der Waals surface area contributed by atoms with Crippen molar-refractivity contribution < 1.29 is 14.2 Å². The minimum Gasteiger partial charge on any atom is -0.493 e. The number of rotatable bonds is 4. The summed E-state index contributed by atoms with van der Waals surface area (Å²) < 4.78 is 19.7. The lowest BCUT2D eigenvalue weighted by molar-refractivity contribution is 0.118. The second-order valence-corrected chi connectivity index (χ2v) is 6.16. The van der Waals surface area contributed by atoms with Gasteiger partial charge in [-0.3, -0.25) is 0 Å². The highest BCUT2D eigenvalue weighted by Crippen LogP contribution is 2.48. The van der Waals surface area contributed by atoms with Gasteiger partial charge in [0.15, 0.2) is 0 Å². The molecule has 0 aromatic heterocycles. The van der Waals surface area contributed by atoms with Crippen molar-refractivity contribution in [3.63, 3.8) is 0 Å². The van der Waals surface area contributed by atoms with Crippen molar-refractivity contribution in [2.75, 3.05) is 6.61 Å². The van der Waals surface area contributed by atoms with Gasteiger partial charge in [-0.2, -0.15) is 0 Å². The SMILES string of the molecule is C=CC1=CC(=C)c2ccc(C)cc2C1(O)c1cc(F)ccc1OCC. The van der Waals surface area contributed by atoms with E-state index in [4.69, 9.17) is 4.74 Å². The number of hydrogen-bond donors (Lipinski definition) is 1. The van der Waals surface area contributed by atoms with Crippen LogP contribution >= 0.6 is 0 Å². The Balaban J connectivity index is 2.38. The van der Waals surface area contributed by atoms with Crippen LogP contribution in [-0.2, 0) is 5.60 Å². The molecule has 0 spiro atoms. The summed E-state index contributed by atoms with van der Waals surface area (Å²) in [5, 5.41) is 11.8. The Morgan fingerprint density at radius 2 is 1.96 bits per heavy atom. The first-order chi connectivity index (χ1) is 11.9. The zero-order valence-corrected chi connectivity index (χ0v) is 14.5. The molecule has 2 nitrogen and oxygen atoms in total. The lowest BCUT2D eigenvalue weighted by atomic mass is 9.72. The molecule has 0 saturated carbocycles. The quantitative estimate of drug-likeness (QED) is 0.860. The summed E-state index contributed by atoms with van der Waals surface area (Å²) in [5.41, 5.74) is 2.60. The zero-order chi connectivity index (χ0) is 18.2. The van der Waals surface area contributed by atoms with Crippen LogP contribution in [0.1, 0.15) is 29.2 Å². The highest BCUT2D eigenvalue weighted by Gasteiger charge is 2.41. The van der Waals surface area contributed by atoms with Crippen LogP contribution in [0.4, 0.5) is 4.39 Å². The molecule has 128 valence electrons. The normalized spacial score (nSPS) is 19.2. The van der Waals surface area contributed by atoms with Gasteiger partial charge >= 0.3 is 0 Å². The Hall–Kier alpha value is -2.65. The fourth-order valence-corrected chi connectivity index (χ4v) is 3.34. The molecule has 0 heterocycles. The molecule has 0 amide bonds. The van der Waals surface area contributed by atoms with Gasteiger partial charge in [0, 0.05) is 11.1 Å². The van der Waals surface area contributed by atoms with E-state index in [1.165, 1.54) is 12.1 Å². The third kappa shape index (κ3) is 2.71. The van der Waals surface area contributed by atoms with Gasteiger partial charge in [0.25, 0.3) is 0 Å². The molecule has 25 heavy (non-hydrogen) atoms. The summed E-state index contributed by atoms with van der Waals surface area (Å²) in [6, 6.07) is 9.99. The van der Waals surface area contributed by atoms with Crippen molar-refractivity contribution in [3.8, 4) is 5.75 Å². The summed E-state index contributed by atoms with van der Waals surface area (Å²) in [4.78, 5) is 0. The van der Waals surface area contributed by atoms with E-state index in [-0.39, 0.29) is 0 Å². The van der Waals surface area contributed by atoms with E-state index in [9.17, 15) is 9.50 Å². The van der Waals surface area contributed by atoms with Crippen molar-refractivity contribution in [2.24, 2.45) is 0 Å². The Morgan fingerprint density at radius 3 is 2.64 bits per heavy atom. The van der Waals surface area contributed by atoms with Crippen LogP contribution in [0, 0.1) is 12.7 Å². The number of ether oxygens (including phenoxy) is 1. The fraction of sp³-hybridized carbons (Fsp3) is 0.182. The first kappa shape index (κ1) is 17.2. The highest BCUT2D eigenvalue weighted by molar-refractivity contribution is 5.82. The Kier molecular flexibility index (Phi) is 4.36. The zero-order valence-electron chi connectivity index (χ0n) is 14.5. The molecular weight excluding hydrogens is 315 g/mol. The Bertz CT molecular complexity index is 895. The van der Waals surface area contributed by atoms with Crippen LogP contribution in [0.5, 0.6) is 5.75 Å². The average molecular weight is 336 g/mol. The molecule has 1 unspecified atom stereocenters. The van der Waals surface area contributed by atoms with Crippen LogP contribution in [0.25, 0.3) is 5.57 Å². The van der Waals surface area contributed by atoms with Gasteiger partial charge < -0.3 is 9.84 Å². The molecule has 0 fully saturated rings. The number of fused-ring (bicyclic) bond motifs is 1. The van der Waals surface area contributed by atoms with E-state index in [1.807, 2.05) is 32.0 Å². The summed E-state index contributed by atoms with van der Waals surface area (Å²) in [6.45, 7) is 12.1. The molecule has 0 bridgehead atoms. The van der Waals surface area contributed by atoms with Crippen molar-refractivity contribution in [2.45, 2.75) is 19.4 Å². The smallest absolute Gasteiger partial charge is 0.144 e. The van der Waals surface area contributed by atoms with E-state index in [2.05, 4.69) is 13.2 Å². The molecule has 0 saturated heterocycles. The molecule has 1 N–H and O–H groups in total. The third-order valence-electron chi connectivity index (χ3n) is 4.51. The number of hydrogen-bond acceptors (Lipinski definition) is 2. The van der Waals surface area contributed by atoms with Crippen molar-refractivity contribution >= 4 is 5.57 Å². The predicted molar refractivity (Wildman–Crippen MR) is 99.1 cm³/mol. The second-order valence-electron chi connectivity index (χ2n) is 6.16. The number of aliphatic hydroxyl groups is 1. The highest BCUT2D eigenvalue weighted by atomic mass is 19.1. The van der Waals surface area contributed by atoms with E-state index >= 15 is 0 Å². The third-order valence-corrected chi connectivity index (χ3v) is 4.51. The van der Waals surface area contributed by atoms with E-state index in [0.717, 1.165) is 16.7 Å². The molecule has 0 radical (unpaired) electrons. The van der Waals surface area contributed by atoms with Gasteiger partial charge in [-0.15, -0.1) is 0 Å². The number of allylic oxidation sites excluding steroid dienone is 2. The Morgan fingerprint density at radius 1 is 1.20 bits per heavy atom. The number of halogens is 1. The summed E-state index contributed by atoms with van der Waals surface area (Å²) in [5.74, 6) is 0.00742. The minimum absolute atomic E-state index is 0.361. The monoisotopic (exact) mass is 336 g/mol. The Labute approximate surface area is 147 Å². The standard InChI is InChI=1S/C22H21FO2/c1-5-16-12-15(4)18-9-7-14(3)11-19(18)22(16,24)20-13-17(23)8-10-21(20)25-6-2/h5,7-13,24H,1,4,6H2,2-3H3. The second kappa shape index (κ2) is 6.34. The van der Waals surface area contributed by atoms with E-state index in [1.54, 1.807) is 18.2 Å². The van der Waals surface area contributed by atoms with Crippen LogP contribution in [0.2, 0.25) is 0 Å². The first-order valence-electron chi connectivity index (χ1n) is 8.22. The van der Waals surface area contributed by atoms with Gasteiger partial charge in [0.1, 0.15) is 17.2 Å². The lowest BCUT2D eigenvalue weighted by Crippen LogP contribution is -2.33.